The second-order valence-electron chi connectivity index (χ2n) is 7.44. The van der Waals surface area contributed by atoms with Gasteiger partial charge in [0.1, 0.15) is 10.0 Å². The maximum atomic E-state index is 13.0. The van der Waals surface area contributed by atoms with Gasteiger partial charge in [-0.3, -0.25) is 9.10 Å². The number of rotatable bonds is 6. The molecule has 6 nitrogen and oxygen atoms in total. The van der Waals surface area contributed by atoms with Crippen molar-refractivity contribution in [3.8, 4) is 10.6 Å². The first-order chi connectivity index (χ1) is 16.4. The van der Waals surface area contributed by atoms with E-state index in [9.17, 15) is 13.2 Å². The fourth-order valence-corrected chi connectivity index (χ4v) is 6.49. The van der Waals surface area contributed by atoms with Gasteiger partial charge in [0.25, 0.3) is 15.9 Å². The molecule has 2 heterocycles. The molecule has 0 spiro atoms. The second-order valence-corrected chi connectivity index (χ2v) is 11.4. The van der Waals surface area contributed by atoms with Gasteiger partial charge in [-0.1, -0.05) is 30.3 Å². The van der Waals surface area contributed by atoms with Crippen molar-refractivity contribution in [2.24, 2.45) is 0 Å². The van der Waals surface area contributed by atoms with E-state index in [-0.39, 0.29) is 10.8 Å². The van der Waals surface area contributed by atoms with Gasteiger partial charge in [0.15, 0.2) is 0 Å². The van der Waals surface area contributed by atoms with Gasteiger partial charge >= 0.3 is 0 Å². The number of hydrogen-bond acceptors (Lipinski definition) is 6. The molecule has 9 heteroatoms. The predicted octanol–water partition coefficient (Wildman–Crippen LogP) is 6.10. The van der Waals surface area contributed by atoms with Gasteiger partial charge in [0, 0.05) is 18.2 Å². The molecule has 5 rings (SSSR count). The number of carbonyl (C=O) groups excluding carboxylic acids is 1. The Morgan fingerprint density at radius 3 is 2.35 bits per heavy atom. The minimum absolute atomic E-state index is 0.113. The van der Waals surface area contributed by atoms with Crippen molar-refractivity contribution < 1.29 is 13.2 Å². The van der Waals surface area contributed by atoms with Crippen LogP contribution in [0.2, 0.25) is 0 Å². The van der Waals surface area contributed by atoms with Crippen molar-refractivity contribution in [1.29, 1.82) is 0 Å². The monoisotopic (exact) mass is 505 g/mol. The normalized spacial score (nSPS) is 11.4. The van der Waals surface area contributed by atoms with Gasteiger partial charge in [-0.15, -0.1) is 22.7 Å². The fourth-order valence-electron chi connectivity index (χ4n) is 3.45. The summed E-state index contributed by atoms with van der Waals surface area (Å²) in [6.45, 7) is 0. The third-order valence-electron chi connectivity index (χ3n) is 5.31. The Hall–Kier alpha value is -3.53. The van der Waals surface area contributed by atoms with Crippen molar-refractivity contribution in [2.45, 2.75) is 4.90 Å². The Morgan fingerprint density at radius 2 is 1.62 bits per heavy atom. The first-order valence-electron chi connectivity index (χ1n) is 10.3. The Labute approximate surface area is 205 Å². The average Bonchev–Trinajstić information content (AvgIpc) is 3.50. The van der Waals surface area contributed by atoms with Crippen LogP contribution < -0.4 is 9.62 Å². The molecule has 170 valence electrons. The highest BCUT2D eigenvalue weighted by molar-refractivity contribution is 7.92. The zero-order chi connectivity index (χ0) is 23.7. The van der Waals surface area contributed by atoms with Crippen LogP contribution in [0.25, 0.3) is 20.8 Å². The number of nitrogens with one attached hydrogen (secondary N) is 1. The molecule has 34 heavy (non-hydrogen) atoms. The van der Waals surface area contributed by atoms with Crippen LogP contribution in [-0.2, 0) is 10.0 Å². The van der Waals surface area contributed by atoms with E-state index in [1.54, 1.807) is 35.6 Å². The van der Waals surface area contributed by atoms with E-state index in [1.807, 2.05) is 41.8 Å². The van der Waals surface area contributed by atoms with E-state index < -0.39 is 10.0 Å². The predicted molar refractivity (Wildman–Crippen MR) is 139 cm³/mol. The number of hydrogen-bond donors (Lipinski definition) is 1. The molecule has 0 unspecified atom stereocenters. The summed E-state index contributed by atoms with van der Waals surface area (Å²) >= 11 is 2.99. The Balaban J connectivity index is 1.35. The molecule has 0 fully saturated rings. The highest BCUT2D eigenvalue weighted by Gasteiger charge is 2.22. The molecule has 0 aliphatic rings. The molecule has 0 aliphatic carbocycles. The molecule has 0 aliphatic heterocycles. The smallest absolute Gasteiger partial charge is 0.264 e. The molecule has 2 aromatic heterocycles. The maximum absolute atomic E-state index is 13.0. The van der Waals surface area contributed by atoms with Crippen LogP contribution >= 0.6 is 22.7 Å². The number of benzene rings is 3. The summed E-state index contributed by atoms with van der Waals surface area (Å²) in [7, 11) is -2.24. The van der Waals surface area contributed by atoms with Crippen LogP contribution in [0.5, 0.6) is 0 Å². The number of sulfonamides is 1. The largest absolute Gasteiger partial charge is 0.313 e. The lowest BCUT2D eigenvalue weighted by molar-refractivity contribution is 0.102. The third-order valence-corrected chi connectivity index (χ3v) is 9.01. The second kappa shape index (κ2) is 9.02. The number of amides is 1. The van der Waals surface area contributed by atoms with Crippen molar-refractivity contribution >= 4 is 59.5 Å². The number of nitrogens with zero attached hydrogens (tertiary/aromatic N) is 2. The first kappa shape index (κ1) is 22.3. The van der Waals surface area contributed by atoms with Crippen LogP contribution in [0, 0.1) is 0 Å². The SMILES string of the molecule is CN(c1ccccc1)S(=O)(=O)c1ccc(C(=O)Nc2sccc2-c2nc3ccccc3s2)cc1. The Bertz CT molecular complexity index is 1540. The van der Waals surface area contributed by atoms with Gasteiger partial charge in [-0.2, -0.15) is 0 Å². The lowest BCUT2D eigenvalue weighted by Crippen LogP contribution is -2.26. The Kier molecular flexibility index (Phi) is 5.91. The van der Waals surface area contributed by atoms with Gasteiger partial charge in [0.2, 0.25) is 0 Å². The van der Waals surface area contributed by atoms with E-state index >= 15 is 0 Å². The van der Waals surface area contributed by atoms with Crippen LogP contribution in [0.4, 0.5) is 10.7 Å². The van der Waals surface area contributed by atoms with E-state index in [0.29, 0.717) is 16.3 Å². The fraction of sp³-hybridized carbons (Fsp3) is 0.0400. The quantitative estimate of drug-likeness (QED) is 0.302. The number of fused-ring (bicyclic) bond motifs is 1. The highest BCUT2D eigenvalue weighted by Crippen LogP contribution is 2.38. The Morgan fingerprint density at radius 1 is 0.912 bits per heavy atom. The summed E-state index contributed by atoms with van der Waals surface area (Å²) in [5.41, 5.74) is 2.71. The van der Waals surface area contributed by atoms with Gasteiger partial charge in [-0.05, 0) is 60.0 Å². The zero-order valence-corrected chi connectivity index (χ0v) is 20.5. The maximum Gasteiger partial charge on any atom is 0.264 e. The highest BCUT2D eigenvalue weighted by atomic mass is 32.2. The van der Waals surface area contributed by atoms with Crippen LogP contribution in [-0.4, -0.2) is 26.4 Å². The van der Waals surface area contributed by atoms with Gasteiger partial charge in [0.05, 0.1) is 20.8 Å². The molecule has 0 atom stereocenters. The average molecular weight is 506 g/mol. The van der Waals surface area contributed by atoms with Gasteiger partial charge in [-0.25, -0.2) is 13.4 Å². The van der Waals surface area contributed by atoms with Crippen molar-refractivity contribution in [1.82, 2.24) is 4.98 Å². The molecule has 0 saturated heterocycles. The minimum atomic E-state index is -3.74. The number of para-hydroxylation sites is 2. The molecular formula is C25H19N3O3S3. The van der Waals surface area contributed by atoms with E-state index in [4.69, 9.17) is 0 Å². The standard InChI is InChI=1S/C25H19N3O3S3/c1-28(18-7-3-2-4-8-18)34(30,31)19-13-11-17(12-14-19)23(29)27-24-20(15-16-32-24)25-26-21-9-5-6-10-22(21)33-25/h2-16H,1H3,(H,27,29). The molecule has 0 bridgehead atoms. The topological polar surface area (TPSA) is 79.4 Å². The molecule has 0 saturated carbocycles. The summed E-state index contributed by atoms with van der Waals surface area (Å²) < 4.78 is 28.2. The lowest BCUT2D eigenvalue weighted by Gasteiger charge is -2.19. The van der Waals surface area contributed by atoms with E-state index in [0.717, 1.165) is 20.8 Å². The van der Waals surface area contributed by atoms with E-state index in [2.05, 4.69) is 10.3 Å². The summed E-state index contributed by atoms with van der Waals surface area (Å²) in [6.07, 6.45) is 0. The zero-order valence-electron chi connectivity index (χ0n) is 18.0. The van der Waals surface area contributed by atoms with Crippen molar-refractivity contribution in [3.63, 3.8) is 0 Å². The molecular weight excluding hydrogens is 486 g/mol. The van der Waals surface area contributed by atoms with Crippen molar-refractivity contribution in [2.75, 3.05) is 16.7 Å². The summed E-state index contributed by atoms with van der Waals surface area (Å²) in [5, 5.41) is 6.39. The van der Waals surface area contributed by atoms with E-state index in [1.165, 1.54) is 47.0 Å². The molecule has 1 amide bonds. The number of thiophene rings is 1. The molecule has 3 aromatic carbocycles. The number of thiazole rings is 1. The number of carbonyl (C=O) groups is 1. The number of anilines is 2. The van der Waals surface area contributed by atoms with Crippen LogP contribution in [0.1, 0.15) is 10.4 Å². The number of aromatic nitrogens is 1. The summed E-state index contributed by atoms with van der Waals surface area (Å²) in [5.74, 6) is -0.315. The van der Waals surface area contributed by atoms with Crippen LogP contribution in [0.3, 0.4) is 0 Å². The molecule has 0 radical (unpaired) electrons. The van der Waals surface area contributed by atoms with Crippen molar-refractivity contribution in [3.05, 3.63) is 95.9 Å². The van der Waals surface area contributed by atoms with Gasteiger partial charge < -0.3 is 5.32 Å². The summed E-state index contributed by atoms with van der Waals surface area (Å²) in [6, 6.07) is 24.6. The molecule has 5 aromatic rings. The lowest BCUT2D eigenvalue weighted by atomic mass is 10.2. The third kappa shape index (κ3) is 4.21. The minimum Gasteiger partial charge on any atom is -0.313 e. The first-order valence-corrected chi connectivity index (χ1v) is 13.5. The molecule has 1 N–H and O–H groups in total. The summed E-state index contributed by atoms with van der Waals surface area (Å²) in [4.78, 5) is 17.7. The van der Waals surface area contributed by atoms with Crippen LogP contribution in [0.15, 0.2) is 95.2 Å².